The van der Waals surface area contributed by atoms with E-state index in [0.29, 0.717) is 12.1 Å². The van der Waals surface area contributed by atoms with Crippen LogP contribution < -0.4 is 0 Å². The zero-order chi connectivity index (χ0) is 19.1. The Bertz CT molecular complexity index is 932. The molecule has 2 aromatic heterocycles. The first kappa shape index (κ1) is 17.7. The first-order valence-corrected chi connectivity index (χ1v) is 10.3. The van der Waals surface area contributed by atoms with Crippen molar-refractivity contribution in [3.8, 4) is 6.07 Å². The van der Waals surface area contributed by atoms with Gasteiger partial charge in [-0.2, -0.15) is 5.26 Å². The molecule has 0 aromatic carbocycles. The Morgan fingerprint density at radius 1 is 1.14 bits per heavy atom. The van der Waals surface area contributed by atoms with Gasteiger partial charge in [0.15, 0.2) is 0 Å². The van der Waals surface area contributed by atoms with Gasteiger partial charge in [0.2, 0.25) is 5.91 Å². The second-order valence-electron chi connectivity index (χ2n) is 8.25. The Kier molecular flexibility index (Phi) is 4.53. The molecule has 1 aliphatic carbocycles. The highest BCUT2D eigenvalue weighted by atomic mass is 16.2. The lowest BCUT2D eigenvalue weighted by Gasteiger charge is -2.43. The molecule has 5 rings (SSSR count). The van der Waals surface area contributed by atoms with Gasteiger partial charge < -0.3 is 9.47 Å². The van der Waals surface area contributed by atoms with Crippen LogP contribution in [0.4, 0.5) is 0 Å². The smallest absolute Gasteiger partial charge is 0.236 e. The molecule has 3 aliphatic rings. The predicted molar refractivity (Wildman–Crippen MR) is 106 cm³/mol. The first-order chi connectivity index (χ1) is 13.7. The van der Waals surface area contributed by atoms with Gasteiger partial charge in [-0.25, -0.2) is 4.98 Å². The summed E-state index contributed by atoms with van der Waals surface area (Å²) in [7, 11) is 0. The Morgan fingerprint density at radius 2 is 1.96 bits per heavy atom. The van der Waals surface area contributed by atoms with Crippen molar-refractivity contribution < 1.29 is 4.79 Å². The maximum atomic E-state index is 12.8. The van der Waals surface area contributed by atoms with Gasteiger partial charge in [-0.15, -0.1) is 0 Å². The van der Waals surface area contributed by atoms with Crippen LogP contribution in [0.5, 0.6) is 0 Å². The largest absolute Gasteiger partial charge is 0.339 e. The lowest BCUT2D eigenvalue weighted by atomic mass is 9.91. The van der Waals surface area contributed by atoms with Crippen LogP contribution in [0.25, 0.3) is 11.0 Å². The lowest BCUT2D eigenvalue weighted by Crippen LogP contribution is -2.55. The fraction of sp³-hybridized carbons (Fsp3) is 0.571. The van der Waals surface area contributed by atoms with Crippen LogP contribution in [0.3, 0.4) is 0 Å². The number of carbonyl (C=O) groups is 1. The molecule has 0 unspecified atom stereocenters. The van der Waals surface area contributed by atoms with Crippen molar-refractivity contribution in [3.05, 3.63) is 29.6 Å². The SMILES string of the molecule is N#Cc1cnc2c(c1)cc1n2CCN(CC(=O)N2CCN(C3CCC3)CC2)C1. The molecule has 1 amide bonds. The summed E-state index contributed by atoms with van der Waals surface area (Å²) < 4.78 is 2.22. The zero-order valence-electron chi connectivity index (χ0n) is 16.2. The number of pyridine rings is 1. The lowest BCUT2D eigenvalue weighted by molar-refractivity contribution is -0.135. The van der Waals surface area contributed by atoms with Crippen molar-refractivity contribution in [2.75, 3.05) is 39.3 Å². The fourth-order valence-corrected chi connectivity index (χ4v) is 4.71. The Hall–Kier alpha value is -2.43. The maximum absolute atomic E-state index is 12.8. The second kappa shape index (κ2) is 7.19. The van der Waals surface area contributed by atoms with E-state index in [9.17, 15) is 4.79 Å². The number of hydrogen-bond donors (Lipinski definition) is 0. The molecule has 2 aromatic rings. The van der Waals surface area contributed by atoms with Gasteiger partial charge in [0.05, 0.1) is 12.1 Å². The highest BCUT2D eigenvalue weighted by Crippen LogP contribution is 2.26. The van der Waals surface area contributed by atoms with E-state index in [1.807, 2.05) is 11.0 Å². The number of nitrogens with zero attached hydrogens (tertiary/aromatic N) is 6. The molecule has 0 atom stereocenters. The summed E-state index contributed by atoms with van der Waals surface area (Å²) in [6, 6.07) is 6.93. The number of fused-ring (bicyclic) bond motifs is 3. The van der Waals surface area contributed by atoms with Gasteiger partial charge in [-0.3, -0.25) is 14.6 Å². The summed E-state index contributed by atoms with van der Waals surface area (Å²) >= 11 is 0. The summed E-state index contributed by atoms with van der Waals surface area (Å²) in [5.41, 5.74) is 2.70. The van der Waals surface area contributed by atoms with E-state index in [4.69, 9.17) is 5.26 Å². The molecule has 1 saturated heterocycles. The van der Waals surface area contributed by atoms with E-state index in [-0.39, 0.29) is 5.91 Å². The molecule has 28 heavy (non-hydrogen) atoms. The highest BCUT2D eigenvalue weighted by Gasteiger charge is 2.30. The van der Waals surface area contributed by atoms with E-state index in [0.717, 1.165) is 62.9 Å². The fourth-order valence-electron chi connectivity index (χ4n) is 4.71. The molecular formula is C21H26N6O. The Morgan fingerprint density at radius 3 is 2.68 bits per heavy atom. The number of hydrogen-bond acceptors (Lipinski definition) is 5. The van der Waals surface area contributed by atoms with Crippen LogP contribution in [-0.4, -0.2) is 75.5 Å². The Balaban J connectivity index is 1.20. The molecular weight excluding hydrogens is 352 g/mol. The van der Waals surface area contributed by atoms with Crippen molar-refractivity contribution in [2.24, 2.45) is 0 Å². The molecule has 7 nitrogen and oxygen atoms in total. The molecule has 2 fully saturated rings. The number of piperazine rings is 1. The van der Waals surface area contributed by atoms with Gasteiger partial charge in [-0.05, 0) is 25.0 Å². The Labute approximate surface area is 165 Å². The number of rotatable bonds is 3. The van der Waals surface area contributed by atoms with Crippen molar-refractivity contribution >= 4 is 16.9 Å². The second-order valence-corrected chi connectivity index (χ2v) is 8.25. The van der Waals surface area contributed by atoms with Crippen molar-refractivity contribution in [3.63, 3.8) is 0 Å². The zero-order valence-corrected chi connectivity index (χ0v) is 16.2. The van der Waals surface area contributed by atoms with Gasteiger partial charge in [0.1, 0.15) is 11.7 Å². The normalized spacial score (nSPS) is 21.3. The molecule has 146 valence electrons. The van der Waals surface area contributed by atoms with Crippen molar-refractivity contribution in [2.45, 2.75) is 38.4 Å². The molecule has 2 aliphatic heterocycles. The minimum atomic E-state index is 0.253. The summed E-state index contributed by atoms with van der Waals surface area (Å²) in [5, 5.41) is 10.1. The average molecular weight is 378 g/mol. The van der Waals surface area contributed by atoms with E-state index in [1.54, 1.807) is 6.20 Å². The summed E-state index contributed by atoms with van der Waals surface area (Å²) in [5.74, 6) is 0.253. The van der Waals surface area contributed by atoms with E-state index in [1.165, 1.54) is 25.0 Å². The van der Waals surface area contributed by atoms with Crippen molar-refractivity contribution in [1.29, 1.82) is 5.26 Å². The van der Waals surface area contributed by atoms with Crippen LogP contribution in [0.1, 0.15) is 30.5 Å². The topological polar surface area (TPSA) is 68.4 Å². The van der Waals surface area contributed by atoms with Gasteiger partial charge in [0.25, 0.3) is 0 Å². The third-order valence-corrected chi connectivity index (χ3v) is 6.59. The average Bonchev–Trinajstić information content (AvgIpc) is 3.03. The first-order valence-electron chi connectivity index (χ1n) is 10.3. The van der Waals surface area contributed by atoms with Crippen LogP contribution in [0, 0.1) is 11.3 Å². The third kappa shape index (κ3) is 3.17. The molecule has 4 heterocycles. The molecule has 7 heteroatoms. The van der Waals surface area contributed by atoms with Gasteiger partial charge in [0, 0.05) is 69.1 Å². The summed E-state index contributed by atoms with van der Waals surface area (Å²) in [4.78, 5) is 24.1. The van der Waals surface area contributed by atoms with E-state index in [2.05, 4.69) is 31.5 Å². The number of carbonyl (C=O) groups excluding carboxylic acids is 1. The standard InChI is InChI=1S/C21H26N6O/c22-12-16-10-17-11-19-14-24(4-9-27(19)21(17)23-13-16)15-20(28)26-7-5-25(6-8-26)18-2-1-3-18/h10-11,13,18H,1-9,14-15H2. The maximum Gasteiger partial charge on any atom is 0.236 e. The number of aromatic nitrogens is 2. The summed E-state index contributed by atoms with van der Waals surface area (Å²) in [6.07, 6.45) is 5.67. The van der Waals surface area contributed by atoms with Gasteiger partial charge >= 0.3 is 0 Å². The molecule has 0 bridgehead atoms. The van der Waals surface area contributed by atoms with Gasteiger partial charge in [-0.1, -0.05) is 6.42 Å². The van der Waals surface area contributed by atoms with Crippen LogP contribution >= 0.6 is 0 Å². The quantitative estimate of drug-likeness (QED) is 0.808. The third-order valence-electron chi connectivity index (χ3n) is 6.59. The van der Waals surface area contributed by atoms with Crippen LogP contribution in [0.15, 0.2) is 18.3 Å². The molecule has 0 radical (unpaired) electrons. The summed E-state index contributed by atoms with van der Waals surface area (Å²) in [6.45, 7) is 6.71. The van der Waals surface area contributed by atoms with Crippen LogP contribution in [0.2, 0.25) is 0 Å². The monoisotopic (exact) mass is 378 g/mol. The number of amides is 1. The molecule has 0 spiro atoms. The number of nitriles is 1. The minimum absolute atomic E-state index is 0.253. The van der Waals surface area contributed by atoms with E-state index < -0.39 is 0 Å². The highest BCUT2D eigenvalue weighted by molar-refractivity contribution is 5.80. The van der Waals surface area contributed by atoms with Crippen LogP contribution in [-0.2, 0) is 17.9 Å². The van der Waals surface area contributed by atoms with E-state index >= 15 is 0 Å². The van der Waals surface area contributed by atoms with Crippen molar-refractivity contribution in [1.82, 2.24) is 24.3 Å². The molecule has 0 N–H and O–H groups in total. The minimum Gasteiger partial charge on any atom is -0.339 e. The predicted octanol–water partition coefficient (Wildman–Crippen LogP) is 1.42. The molecule has 1 saturated carbocycles.